The minimum absolute atomic E-state index is 0.0508. The number of methoxy groups -OCH3 is 1. The molecule has 1 aromatic heterocycles. The standard InChI is InChI=1S/C19H26N4O5/c1-26-16-2-3-17(21-20-16)28-15-4-7-22(12-15)19(25)13-10-18(24)23(11-13)14-5-8-27-9-6-14/h2-3,13-15H,4-12H2,1H3. The maximum Gasteiger partial charge on any atom is 0.233 e. The first kappa shape index (κ1) is 18.9. The molecular weight excluding hydrogens is 364 g/mol. The molecule has 2 amide bonds. The normalized spacial score (nSPS) is 26.0. The second kappa shape index (κ2) is 8.30. The maximum absolute atomic E-state index is 12.9. The second-order valence-corrected chi connectivity index (χ2v) is 7.52. The van der Waals surface area contributed by atoms with Crippen molar-refractivity contribution in [2.45, 2.75) is 37.8 Å². The topological polar surface area (TPSA) is 94.1 Å². The average molecular weight is 390 g/mol. The fourth-order valence-corrected chi connectivity index (χ4v) is 4.18. The Balaban J connectivity index is 1.30. The van der Waals surface area contributed by atoms with Gasteiger partial charge in [0.1, 0.15) is 6.10 Å². The monoisotopic (exact) mass is 390 g/mol. The minimum atomic E-state index is -0.255. The molecule has 4 rings (SSSR count). The summed E-state index contributed by atoms with van der Waals surface area (Å²) in [5.74, 6) is 0.729. The van der Waals surface area contributed by atoms with E-state index in [9.17, 15) is 9.59 Å². The second-order valence-electron chi connectivity index (χ2n) is 7.52. The lowest BCUT2D eigenvalue weighted by molar-refractivity contribution is -0.135. The van der Waals surface area contributed by atoms with Crippen LogP contribution >= 0.6 is 0 Å². The maximum atomic E-state index is 12.9. The Hall–Kier alpha value is -2.42. The largest absolute Gasteiger partial charge is 0.480 e. The number of hydrogen-bond acceptors (Lipinski definition) is 7. The lowest BCUT2D eigenvalue weighted by Gasteiger charge is -2.31. The van der Waals surface area contributed by atoms with E-state index in [2.05, 4.69) is 10.2 Å². The van der Waals surface area contributed by atoms with Crippen molar-refractivity contribution in [3.05, 3.63) is 12.1 Å². The van der Waals surface area contributed by atoms with Crippen LogP contribution in [0.4, 0.5) is 0 Å². The van der Waals surface area contributed by atoms with Gasteiger partial charge in [-0.1, -0.05) is 0 Å². The third kappa shape index (κ3) is 4.04. The number of likely N-dealkylation sites (tertiary alicyclic amines) is 2. The number of nitrogens with zero attached hydrogens (tertiary/aromatic N) is 4. The third-order valence-corrected chi connectivity index (χ3v) is 5.71. The highest BCUT2D eigenvalue weighted by molar-refractivity contribution is 5.89. The summed E-state index contributed by atoms with van der Waals surface area (Å²) in [6.07, 6.45) is 2.64. The molecule has 0 aromatic carbocycles. The van der Waals surface area contributed by atoms with E-state index in [0.717, 1.165) is 19.3 Å². The number of hydrogen-bond donors (Lipinski definition) is 0. The predicted octanol–water partition coefficient (Wildman–Crippen LogP) is 0.492. The van der Waals surface area contributed by atoms with Gasteiger partial charge >= 0.3 is 0 Å². The highest BCUT2D eigenvalue weighted by atomic mass is 16.5. The zero-order valence-electron chi connectivity index (χ0n) is 16.1. The van der Waals surface area contributed by atoms with Gasteiger partial charge in [-0.25, -0.2) is 0 Å². The Labute approximate surface area is 163 Å². The van der Waals surface area contributed by atoms with Gasteiger partial charge in [-0.3, -0.25) is 9.59 Å². The van der Waals surface area contributed by atoms with E-state index in [-0.39, 0.29) is 29.9 Å². The molecule has 0 aliphatic carbocycles. The predicted molar refractivity (Wildman–Crippen MR) is 97.9 cm³/mol. The van der Waals surface area contributed by atoms with Crippen LogP contribution in [-0.2, 0) is 14.3 Å². The summed E-state index contributed by atoms with van der Waals surface area (Å²) in [5.41, 5.74) is 0. The van der Waals surface area contributed by atoms with Gasteiger partial charge in [0.25, 0.3) is 0 Å². The zero-order chi connectivity index (χ0) is 19.5. The molecule has 0 N–H and O–H groups in total. The van der Waals surface area contributed by atoms with Crippen molar-refractivity contribution in [3.63, 3.8) is 0 Å². The van der Waals surface area contributed by atoms with Crippen LogP contribution in [0, 0.1) is 5.92 Å². The molecule has 2 atom stereocenters. The minimum Gasteiger partial charge on any atom is -0.480 e. The van der Waals surface area contributed by atoms with Gasteiger partial charge in [-0.05, 0) is 12.8 Å². The third-order valence-electron chi connectivity index (χ3n) is 5.71. The number of ether oxygens (including phenoxy) is 3. The summed E-state index contributed by atoms with van der Waals surface area (Å²) < 4.78 is 16.2. The molecule has 3 aliphatic heterocycles. The van der Waals surface area contributed by atoms with Gasteiger partial charge < -0.3 is 24.0 Å². The Bertz CT molecular complexity index is 707. The summed E-state index contributed by atoms with van der Waals surface area (Å²) in [6, 6.07) is 3.61. The van der Waals surface area contributed by atoms with Crippen LogP contribution in [0.5, 0.6) is 11.8 Å². The Kier molecular flexibility index (Phi) is 5.61. The molecule has 9 nitrogen and oxygen atoms in total. The summed E-state index contributed by atoms with van der Waals surface area (Å²) >= 11 is 0. The van der Waals surface area contributed by atoms with Gasteiger partial charge in [0.2, 0.25) is 23.6 Å². The zero-order valence-corrected chi connectivity index (χ0v) is 16.1. The van der Waals surface area contributed by atoms with Crippen LogP contribution in [0.15, 0.2) is 12.1 Å². The van der Waals surface area contributed by atoms with Crippen molar-refractivity contribution in [1.82, 2.24) is 20.0 Å². The molecule has 0 spiro atoms. The van der Waals surface area contributed by atoms with Crippen molar-refractivity contribution in [1.29, 1.82) is 0 Å². The van der Waals surface area contributed by atoms with Crippen LogP contribution in [0.1, 0.15) is 25.7 Å². The van der Waals surface area contributed by atoms with Crippen molar-refractivity contribution in [2.75, 3.05) is 40.0 Å². The first-order chi connectivity index (χ1) is 13.6. The van der Waals surface area contributed by atoms with E-state index in [1.807, 2.05) is 9.80 Å². The van der Waals surface area contributed by atoms with Crippen molar-refractivity contribution < 1.29 is 23.8 Å². The molecule has 2 unspecified atom stereocenters. The molecule has 9 heteroatoms. The molecule has 28 heavy (non-hydrogen) atoms. The number of rotatable bonds is 5. The Morgan fingerprint density at radius 3 is 2.61 bits per heavy atom. The van der Waals surface area contributed by atoms with Crippen LogP contribution < -0.4 is 9.47 Å². The smallest absolute Gasteiger partial charge is 0.233 e. The number of amides is 2. The SMILES string of the molecule is COc1ccc(OC2CCN(C(=O)C3CC(=O)N(C4CCOCC4)C3)C2)nn1. The Morgan fingerprint density at radius 2 is 1.89 bits per heavy atom. The van der Waals surface area contributed by atoms with E-state index in [1.54, 1.807) is 12.1 Å². The highest BCUT2D eigenvalue weighted by Crippen LogP contribution is 2.28. The molecule has 0 radical (unpaired) electrons. The van der Waals surface area contributed by atoms with Gasteiger partial charge in [0, 0.05) is 57.3 Å². The summed E-state index contributed by atoms with van der Waals surface area (Å²) in [7, 11) is 1.53. The molecule has 152 valence electrons. The molecule has 0 bridgehead atoms. The summed E-state index contributed by atoms with van der Waals surface area (Å²) in [4.78, 5) is 29.1. The van der Waals surface area contributed by atoms with Crippen molar-refractivity contribution in [3.8, 4) is 11.8 Å². The number of aromatic nitrogens is 2. The number of carbonyl (C=O) groups excluding carboxylic acids is 2. The Morgan fingerprint density at radius 1 is 1.14 bits per heavy atom. The summed E-state index contributed by atoms with van der Waals surface area (Å²) in [5, 5.41) is 7.86. The highest BCUT2D eigenvalue weighted by Gasteiger charge is 2.41. The average Bonchev–Trinajstić information content (AvgIpc) is 3.35. The van der Waals surface area contributed by atoms with Crippen LogP contribution in [0.2, 0.25) is 0 Å². The lowest BCUT2D eigenvalue weighted by atomic mass is 10.1. The lowest BCUT2D eigenvalue weighted by Crippen LogP contribution is -2.42. The van der Waals surface area contributed by atoms with Gasteiger partial charge in [0.15, 0.2) is 0 Å². The van der Waals surface area contributed by atoms with Crippen molar-refractivity contribution >= 4 is 11.8 Å². The fraction of sp³-hybridized carbons (Fsp3) is 0.684. The van der Waals surface area contributed by atoms with E-state index in [0.29, 0.717) is 51.0 Å². The quantitative estimate of drug-likeness (QED) is 0.722. The van der Waals surface area contributed by atoms with Gasteiger partial charge in [0.05, 0.1) is 19.6 Å². The molecule has 3 fully saturated rings. The molecule has 1 aromatic rings. The van der Waals surface area contributed by atoms with Gasteiger partial charge in [-0.15, -0.1) is 10.2 Å². The fourth-order valence-electron chi connectivity index (χ4n) is 4.18. The first-order valence-corrected chi connectivity index (χ1v) is 9.84. The van der Waals surface area contributed by atoms with E-state index < -0.39 is 0 Å². The molecular formula is C19H26N4O5. The van der Waals surface area contributed by atoms with Crippen LogP contribution in [0.3, 0.4) is 0 Å². The van der Waals surface area contributed by atoms with Crippen LogP contribution in [-0.4, -0.2) is 83.9 Å². The van der Waals surface area contributed by atoms with Crippen LogP contribution in [0.25, 0.3) is 0 Å². The van der Waals surface area contributed by atoms with E-state index >= 15 is 0 Å². The van der Waals surface area contributed by atoms with E-state index in [4.69, 9.17) is 14.2 Å². The molecule has 3 aliphatic rings. The van der Waals surface area contributed by atoms with Gasteiger partial charge in [-0.2, -0.15) is 0 Å². The summed E-state index contributed by atoms with van der Waals surface area (Å²) in [6.45, 7) is 3.04. The van der Waals surface area contributed by atoms with E-state index in [1.165, 1.54) is 7.11 Å². The molecule has 4 heterocycles. The molecule has 0 saturated carbocycles. The first-order valence-electron chi connectivity index (χ1n) is 9.84. The molecule has 3 saturated heterocycles. The van der Waals surface area contributed by atoms with Crippen molar-refractivity contribution in [2.24, 2.45) is 5.92 Å². The number of carbonyl (C=O) groups is 2.